The zero-order chi connectivity index (χ0) is 20.4. The van der Waals surface area contributed by atoms with Gasteiger partial charge in [0, 0.05) is 38.3 Å². The molecule has 0 atom stereocenters. The van der Waals surface area contributed by atoms with Crippen molar-refractivity contribution in [3.05, 3.63) is 53.7 Å². The Labute approximate surface area is 190 Å². The zero-order valence-electron chi connectivity index (χ0n) is 17.4. The van der Waals surface area contributed by atoms with Gasteiger partial charge >= 0.3 is 0 Å². The molecule has 29 heavy (non-hydrogen) atoms. The number of nitrogens with zero attached hydrogens (tertiary/aromatic N) is 3. The van der Waals surface area contributed by atoms with E-state index in [2.05, 4.69) is 20.6 Å². The number of rotatable bonds is 8. The molecule has 158 valence electrons. The Balaban J connectivity index is 0.00000420. The van der Waals surface area contributed by atoms with Crippen molar-refractivity contribution < 1.29 is 9.53 Å². The van der Waals surface area contributed by atoms with Crippen LogP contribution in [0, 0.1) is 6.92 Å². The maximum absolute atomic E-state index is 12.1. The largest absolute Gasteiger partial charge is 0.496 e. The van der Waals surface area contributed by atoms with Crippen LogP contribution in [0.2, 0.25) is 0 Å². The van der Waals surface area contributed by atoms with E-state index >= 15 is 0 Å². The van der Waals surface area contributed by atoms with Gasteiger partial charge in [0.2, 0.25) is 5.91 Å². The number of carbonyl (C=O) groups excluding carboxylic acids is 1. The van der Waals surface area contributed by atoms with Gasteiger partial charge in [-0.3, -0.25) is 9.79 Å². The van der Waals surface area contributed by atoms with Crippen LogP contribution in [0.25, 0.3) is 0 Å². The minimum Gasteiger partial charge on any atom is -0.496 e. The molecular formula is C21H30IN5O2. The molecule has 0 radical (unpaired) electrons. The van der Waals surface area contributed by atoms with Crippen LogP contribution in [0.3, 0.4) is 0 Å². The summed E-state index contributed by atoms with van der Waals surface area (Å²) in [5.74, 6) is 2.04. The van der Waals surface area contributed by atoms with Gasteiger partial charge in [-0.25, -0.2) is 4.98 Å². The molecule has 0 bridgehead atoms. The van der Waals surface area contributed by atoms with Gasteiger partial charge in [-0.2, -0.15) is 0 Å². The normalized spacial score (nSPS) is 10.7. The number of anilines is 1. The fourth-order valence-corrected chi connectivity index (χ4v) is 2.64. The Morgan fingerprint density at radius 3 is 2.66 bits per heavy atom. The van der Waals surface area contributed by atoms with Gasteiger partial charge in [0.25, 0.3) is 0 Å². The number of para-hydroxylation sites is 1. The molecule has 0 fully saturated rings. The molecule has 1 heterocycles. The number of ether oxygens (including phenoxy) is 1. The van der Waals surface area contributed by atoms with Crippen LogP contribution in [0.15, 0.2) is 47.6 Å². The second-order valence-electron chi connectivity index (χ2n) is 6.42. The van der Waals surface area contributed by atoms with E-state index in [4.69, 9.17) is 4.74 Å². The van der Waals surface area contributed by atoms with Crippen LogP contribution in [0.5, 0.6) is 5.75 Å². The molecule has 0 spiro atoms. The van der Waals surface area contributed by atoms with Crippen LogP contribution in [-0.4, -0.2) is 49.0 Å². The van der Waals surface area contributed by atoms with Gasteiger partial charge < -0.3 is 20.3 Å². The van der Waals surface area contributed by atoms with Crippen molar-refractivity contribution in [1.82, 2.24) is 15.2 Å². The molecule has 0 aliphatic rings. The Kier molecular flexibility index (Phi) is 11.0. The average molecular weight is 511 g/mol. The van der Waals surface area contributed by atoms with Crippen molar-refractivity contribution in [3.8, 4) is 5.75 Å². The molecule has 8 heteroatoms. The van der Waals surface area contributed by atoms with Gasteiger partial charge in [-0.15, -0.1) is 24.0 Å². The number of pyridine rings is 1. The minimum atomic E-state index is -0.108. The summed E-state index contributed by atoms with van der Waals surface area (Å²) < 4.78 is 5.42. The lowest BCUT2D eigenvalue weighted by Gasteiger charge is -2.23. The summed E-state index contributed by atoms with van der Waals surface area (Å²) in [4.78, 5) is 22.9. The number of amides is 1. The van der Waals surface area contributed by atoms with E-state index in [-0.39, 0.29) is 36.3 Å². The summed E-state index contributed by atoms with van der Waals surface area (Å²) in [6.45, 7) is 5.75. The number of hydrogen-bond acceptors (Lipinski definition) is 4. The van der Waals surface area contributed by atoms with Gasteiger partial charge in [0.15, 0.2) is 5.96 Å². The average Bonchev–Trinajstić information content (AvgIpc) is 2.69. The number of guanidine groups is 1. The van der Waals surface area contributed by atoms with Gasteiger partial charge in [0.1, 0.15) is 11.6 Å². The van der Waals surface area contributed by atoms with Crippen molar-refractivity contribution in [1.29, 1.82) is 0 Å². The van der Waals surface area contributed by atoms with E-state index in [0.717, 1.165) is 29.4 Å². The highest BCUT2D eigenvalue weighted by molar-refractivity contribution is 14.0. The summed E-state index contributed by atoms with van der Waals surface area (Å²) in [7, 11) is 3.63. The summed E-state index contributed by atoms with van der Waals surface area (Å²) in [5, 5.41) is 6.05. The molecule has 0 aliphatic carbocycles. The van der Waals surface area contributed by atoms with E-state index in [1.54, 1.807) is 19.4 Å². The highest BCUT2D eigenvalue weighted by atomic mass is 127. The first kappa shape index (κ1) is 24.7. The van der Waals surface area contributed by atoms with E-state index in [1.165, 1.54) is 0 Å². The lowest BCUT2D eigenvalue weighted by atomic mass is 10.2. The lowest BCUT2D eigenvalue weighted by Crippen LogP contribution is -2.38. The fourth-order valence-electron chi connectivity index (χ4n) is 2.64. The molecule has 2 N–H and O–H groups in total. The quantitative estimate of drug-likeness (QED) is 0.323. The maximum atomic E-state index is 12.1. The molecule has 2 rings (SSSR count). The predicted octanol–water partition coefficient (Wildman–Crippen LogP) is 3.44. The number of aromatic nitrogens is 1. The number of benzene rings is 1. The molecular weight excluding hydrogens is 481 g/mol. The molecule has 7 nitrogen and oxygen atoms in total. The van der Waals surface area contributed by atoms with E-state index in [9.17, 15) is 4.79 Å². The SMILES string of the molecule is CCNC(=NCCC(=O)Nc1ccc(C)cn1)N(C)Cc1ccccc1OC.I. The first-order valence-corrected chi connectivity index (χ1v) is 9.37. The van der Waals surface area contributed by atoms with Crippen LogP contribution in [-0.2, 0) is 11.3 Å². The second-order valence-corrected chi connectivity index (χ2v) is 6.42. The number of hydrogen-bond donors (Lipinski definition) is 2. The molecule has 1 aromatic carbocycles. The third-order valence-corrected chi connectivity index (χ3v) is 4.08. The second kappa shape index (κ2) is 13.0. The highest BCUT2D eigenvalue weighted by Gasteiger charge is 2.10. The van der Waals surface area contributed by atoms with Crippen molar-refractivity contribution in [3.63, 3.8) is 0 Å². The van der Waals surface area contributed by atoms with Gasteiger partial charge in [-0.05, 0) is 31.5 Å². The predicted molar refractivity (Wildman–Crippen MR) is 128 cm³/mol. The number of carbonyl (C=O) groups is 1. The highest BCUT2D eigenvalue weighted by Crippen LogP contribution is 2.18. The Morgan fingerprint density at radius 2 is 2.00 bits per heavy atom. The Bertz CT molecular complexity index is 796. The van der Waals surface area contributed by atoms with E-state index in [1.807, 2.05) is 56.1 Å². The molecule has 0 saturated carbocycles. The van der Waals surface area contributed by atoms with Gasteiger partial charge in [0.05, 0.1) is 13.7 Å². The Hall–Kier alpha value is -2.36. The van der Waals surface area contributed by atoms with Crippen LogP contribution >= 0.6 is 24.0 Å². The molecule has 1 amide bonds. The molecule has 0 unspecified atom stereocenters. The van der Waals surface area contributed by atoms with E-state index < -0.39 is 0 Å². The first-order valence-electron chi connectivity index (χ1n) is 9.37. The molecule has 0 aliphatic heterocycles. The molecule has 2 aromatic rings. The minimum absolute atomic E-state index is 0. The molecule has 0 saturated heterocycles. The summed E-state index contributed by atoms with van der Waals surface area (Å²) in [5.41, 5.74) is 2.12. The fraction of sp³-hybridized carbons (Fsp3) is 0.381. The third kappa shape index (κ3) is 8.26. The number of nitrogens with one attached hydrogen (secondary N) is 2. The number of aryl methyl sites for hydroxylation is 1. The Morgan fingerprint density at radius 1 is 1.24 bits per heavy atom. The van der Waals surface area contributed by atoms with Gasteiger partial charge in [-0.1, -0.05) is 24.3 Å². The first-order chi connectivity index (χ1) is 13.5. The van der Waals surface area contributed by atoms with Crippen molar-refractivity contribution in [2.24, 2.45) is 4.99 Å². The van der Waals surface area contributed by atoms with Crippen molar-refractivity contribution >= 4 is 41.7 Å². The van der Waals surface area contributed by atoms with Crippen LogP contribution in [0.1, 0.15) is 24.5 Å². The standard InChI is InChI=1S/C21H29N5O2.HI/c1-5-22-21(26(3)15-17-8-6-7-9-18(17)28-4)23-13-12-20(27)25-19-11-10-16(2)14-24-19;/h6-11,14H,5,12-13,15H2,1-4H3,(H,22,23)(H,24,25,27);1H. The monoisotopic (exact) mass is 511 g/mol. The van der Waals surface area contributed by atoms with Crippen molar-refractivity contribution in [2.45, 2.75) is 26.8 Å². The summed E-state index contributed by atoms with van der Waals surface area (Å²) >= 11 is 0. The lowest BCUT2D eigenvalue weighted by molar-refractivity contribution is -0.116. The zero-order valence-corrected chi connectivity index (χ0v) is 19.8. The van der Waals surface area contributed by atoms with E-state index in [0.29, 0.717) is 18.9 Å². The number of halogens is 1. The smallest absolute Gasteiger partial charge is 0.227 e. The maximum Gasteiger partial charge on any atom is 0.227 e. The summed E-state index contributed by atoms with van der Waals surface area (Å²) in [6, 6.07) is 11.6. The summed E-state index contributed by atoms with van der Waals surface area (Å²) in [6.07, 6.45) is 2.01. The third-order valence-electron chi connectivity index (χ3n) is 4.08. The number of methoxy groups -OCH3 is 1. The number of aliphatic imine (C=N–C) groups is 1. The van der Waals surface area contributed by atoms with Crippen molar-refractivity contribution in [2.75, 3.05) is 32.6 Å². The van der Waals surface area contributed by atoms with Crippen LogP contribution < -0.4 is 15.4 Å². The topological polar surface area (TPSA) is 78.8 Å². The molecule has 1 aromatic heterocycles. The van der Waals surface area contributed by atoms with Crippen LogP contribution in [0.4, 0.5) is 5.82 Å².